The Kier molecular flexibility index (Phi) is 3.48. The normalized spacial score (nSPS) is 15.3. The van der Waals surface area contributed by atoms with Gasteiger partial charge >= 0.3 is 0 Å². The summed E-state index contributed by atoms with van der Waals surface area (Å²) < 4.78 is 26.6. The lowest BCUT2D eigenvalue weighted by Gasteiger charge is -2.28. The Bertz CT molecular complexity index is 794. The number of nitrogens with one attached hydrogen (secondary N) is 1. The number of H-pyrrole nitrogens is 1. The van der Waals surface area contributed by atoms with Crippen molar-refractivity contribution in [2.75, 3.05) is 18.0 Å². The van der Waals surface area contributed by atoms with E-state index in [0.717, 1.165) is 30.8 Å². The van der Waals surface area contributed by atoms with E-state index in [1.165, 1.54) is 24.9 Å². The van der Waals surface area contributed by atoms with Crippen molar-refractivity contribution in [3.63, 3.8) is 0 Å². The van der Waals surface area contributed by atoms with Crippen LogP contribution in [0.1, 0.15) is 19.3 Å². The van der Waals surface area contributed by atoms with Gasteiger partial charge in [0.25, 0.3) is 0 Å². The molecule has 1 N–H and O–H groups in total. The van der Waals surface area contributed by atoms with Gasteiger partial charge in [0.2, 0.25) is 0 Å². The summed E-state index contributed by atoms with van der Waals surface area (Å²) in [6.45, 7) is 2.20. The topological polar surface area (TPSA) is 31.9 Å². The fourth-order valence-corrected chi connectivity index (χ4v) is 3.12. The van der Waals surface area contributed by atoms with Gasteiger partial charge in [-0.3, -0.25) is 0 Å². The molecule has 0 saturated carbocycles. The van der Waals surface area contributed by atoms with Crippen molar-refractivity contribution >= 4 is 16.7 Å². The number of benzene rings is 2. The Morgan fingerprint density at radius 3 is 2.35 bits per heavy atom. The lowest BCUT2D eigenvalue weighted by molar-refractivity contribution is 0.510. The van der Waals surface area contributed by atoms with E-state index in [4.69, 9.17) is 0 Å². The lowest BCUT2D eigenvalue weighted by atomic mass is 10.1. The van der Waals surface area contributed by atoms with Crippen LogP contribution in [-0.4, -0.2) is 23.1 Å². The maximum atomic E-state index is 13.3. The molecule has 0 aliphatic carbocycles. The van der Waals surface area contributed by atoms with Gasteiger partial charge in [-0.25, -0.2) is 13.8 Å². The van der Waals surface area contributed by atoms with Gasteiger partial charge in [-0.1, -0.05) is 0 Å². The van der Waals surface area contributed by atoms with Crippen LogP contribution in [0.25, 0.3) is 22.4 Å². The number of aromatic nitrogens is 2. The molecule has 0 unspecified atom stereocenters. The molecular weight excluding hydrogens is 296 g/mol. The molecule has 3 aromatic rings. The number of anilines is 1. The summed E-state index contributed by atoms with van der Waals surface area (Å²) in [6.07, 6.45) is 3.78. The third kappa shape index (κ3) is 2.67. The van der Waals surface area contributed by atoms with Crippen LogP contribution in [0.3, 0.4) is 0 Å². The molecular formula is C18H17F2N3. The maximum Gasteiger partial charge on any atom is 0.161 e. The maximum absolute atomic E-state index is 13.3. The van der Waals surface area contributed by atoms with Gasteiger partial charge in [0.05, 0.1) is 11.0 Å². The zero-order valence-corrected chi connectivity index (χ0v) is 12.6. The van der Waals surface area contributed by atoms with E-state index in [9.17, 15) is 8.78 Å². The van der Waals surface area contributed by atoms with Gasteiger partial charge < -0.3 is 9.88 Å². The Labute approximate surface area is 133 Å². The van der Waals surface area contributed by atoms with Crippen molar-refractivity contribution in [2.45, 2.75) is 19.3 Å². The van der Waals surface area contributed by atoms with Gasteiger partial charge in [0, 0.05) is 36.5 Å². The van der Waals surface area contributed by atoms with Gasteiger partial charge in [-0.15, -0.1) is 0 Å². The fourth-order valence-electron chi connectivity index (χ4n) is 3.12. The first-order chi connectivity index (χ1) is 11.2. The lowest BCUT2D eigenvalue weighted by Crippen LogP contribution is -2.29. The molecule has 0 bridgehead atoms. The number of nitrogens with zero attached hydrogens (tertiary/aromatic N) is 2. The van der Waals surface area contributed by atoms with Crippen molar-refractivity contribution in [1.29, 1.82) is 0 Å². The predicted octanol–water partition coefficient (Wildman–Crippen LogP) is 4.50. The standard InChI is InChI=1S/C18H17F2N3/c19-14-10-16-17(11-15(14)20)22-18(21-16)12-4-6-13(7-5-12)23-8-2-1-3-9-23/h4-7,10-11H,1-3,8-9H2,(H,21,22). The number of hydrogen-bond donors (Lipinski definition) is 1. The minimum Gasteiger partial charge on any atom is -0.372 e. The summed E-state index contributed by atoms with van der Waals surface area (Å²) >= 11 is 0. The SMILES string of the molecule is Fc1cc2nc(-c3ccc(N4CCCCC4)cc3)[nH]c2cc1F. The summed E-state index contributed by atoms with van der Waals surface area (Å²) in [7, 11) is 0. The highest BCUT2D eigenvalue weighted by Crippen LogP contribution is 2.26. The Hall–Kier alpha value is -2.43. The second-order valence-corrected chi connectivity index (χ2v) is 5.96. The predicted molar refractivity (Wildman–Crippen MR) is 87.5 cm³/mol. The number of halogens is 2. The van der Waals surface area contributed by atoms with E-state index < -0.39 is 11.6 Å². The average Bonchev–Trinajstić information content (AvgIpc) is 2.99. The van der Waals surface area contributed by atoms with Crippen molar-refractivity contribution in [3.8, 4) is 11.4 Å². The van der Waals surface area contributed by atoms with E-state index in [2.05, 4.69) is 27.0 Å². The van der Waals surface area contributed by atoms with Gasteiger partial charge in [-0.2, -0.15) is 0 Å². The third-order valence-corrected chi connectivity index (χ3v) is 4.39. The highest BCUT2D eigenvalue weighted by Gasteiger charge is 2.12. The Morgan fingerprint density at radius 1 is 0.913 bits per heavy atom. The van der Waals surface area contributed by atoms with Crippen molar-refractivity contribution < 1.29 is 8.78 Å². The quantitative estimate of drug-likeness (QED) is 0.755. The van der Waals surface area contributed by atoms with Crippen molar-refractivity contribution in [1.82, 2.24) is 9.97 Å². The van der Waals surface area contributed by atoms with Gasteiger partial charge in [0.15, 0.2) is 11.6 Å². The molecule has 0 amide bonds. The summed E-state index contributed by atoms with van der Waals surface area (Å²) in [5.74, 6) is -1.13. The first kappa shape index (κ1) is 14.2. The minimum atomic E-state index is -0.879. The Balaban J connectivity index is 1.65. The molecule has 2 heterocycles. The molecule has 3 nitrogen and oxygen atoms in total. The smallest absolute Gasteiger partial charge is 0.161 e. The van der Waals surface area contributed by atoms with Crippen LogP contribution in [-0.2, 0) is 0 Å². The molecule has 1 saturated heterocycles. The number of piperidine rings is 1. The van der Waals surface area contributed by atoms with Crippen LogP contribution < -0.4 is 4.90 Å². The number of rotatable bonds is 2. The largest absolute Gasteiger partial charge is 0.372 e. The van der Waals surface area contributed by atoms with E-state index in [-0.39, 0.29) is 0 Å². The molecule has 1 aliphatic rings. The van der Waals surface area contributed by atoms with E-state index in [1.54, 1.807) is 0 Å². The number of fused-ring (bicyclic) bond motifs is 1. The van der Waals surface area contributed by atoms with Crippen molar-refractivity contribution in [3.05, 3.63) is 48.0 Å². The van der Waals surface area contributed by atoms with E-state index >= 15 is 0 Å². The molecule has 1 aliphatic heterocycles. The molecule has 5 heteroatoms. The molecule has 4 rings (SSSR count). The molecule has 0 atom stereocenters. The first-order valence-corrected chi connectivity index (χ1v) is 7.91. The second kappa shape index (κ2) is 5.65. The van der Waals surface area contributed by atoms with Crippen LogP contribution >= 0.6 is 0 Å². The highest BCUT2D eigenvalue weighted by atomic mass is 19.2. The zero-order valence-electron chi connectivity index (χ0n) is 12.6. The first-order valence-electron chi connectivity index (χ1n) is 7.91. The van der Waals surface area contributed by atoms with Crippen LogP contribution in [0.15, 0.2) is 36.4 Å². The van der Waals surface area contributed by atoms with Crippen LogP contribution in [0.5, 0.6) is 0 Å². The molecule has 0 radical (unpaired) electrons. The second-order valence-electron chi connectivity index (χ2n) is 5.96. The van der Waals surface area contributed by atoms with Crippen molar-refractivity contribution in [2.24, 2.45) is 0 Å². The zero-order chi connectivity index (χ0) is 15.8. The minimum absolute atomic E-state index is 0.430. The third-order valence-electron chi connectivity index (χ3n) is 4.39. The van der Waals surface area contributed by atoms with Crippen LogP contribution in [0, 0.1) is 11.6 Å². The molecule has 118 valence electrons. The average molecular weight is 313 g/mol. The van der Waals surface area contributed by atoms with E-state index in [1.807, 2.05) is 12.1 Å². The van der Waals surface area contributed by atoms with Gasteiger partial charge in [-0.05, 0) is 43.5 Å². The summed E-state index contributed by atoms with van der Waals surface area (Å²) in [4.78, 5) is 9.78. The monoisotopic (exact) mass is 313 g/mol. The van der Waals surface area contributed by atoms with Gasteiger partial charge in [0.1, 0.15) is 5.82 Å². The molecule has 23 heavy (non-hydrogen) atoms. The summed E-state index contributed by atoms with van der Waals surface area (Å²) in [5.41, 5.74) is 3.04. The molecule has 2 aromatic carbocycles. The van der Waals surface area contributed by atoms with Crippen LogP contribution in [0.2, 0.25) is 0 Å². The number of hydrogen-bond acceptors (Lipinski definition) is 2. The number of imidazole rings is 1. The van der Waals surface area contributed by atoms with E-state index in [0.29, 0.717) is 16.9 Å². The number of aromatic amines is 1. The summed E-state index contributed by atoms with van der Waals surface area (Å²) in [6, 6.07) is 10.4. The Morgan fingerprint density at radius 2 is 1.61 bits per heavy atom. The summed E-state index contributed by atoms with van der Waals surface area (Å²) in [5, 5.41) is 0. The van der Waals surface area contributed by atoms with Crippen LogP contribution in [0.4, 0.5) is 14.5 Å². The molecule has 1 fully saturated rings. The fraction of sp³-hybridized carbons (Fsp3) is 0.278. The highest BCUT2D eigenvalue weighted by molar-refractivity contribution is 5.79. The molecule has 1 aromatic heterocycles. The molecule has 0 spiro atoms.